The van der Waals surface area contributed by atoms with Crippen LogP contribution in [-0.4, -0.2) is 6.67 Å². The molecule has 0 aliphatic heterocycles. The molecule has 0 radical (unpaired) electrons. The van der Waals surface area contributed by atoms with E-state index in [4.69, 9.17) is 0 Å². The summed E-state index contributed by atoms with van der Waals surface area (Å²) in [6.07, 6.45) is 4.89. The van der Waals surface area contributed by atoms with Crippen molar-refractivity contribution in [2.24, 2.45) is 11.3 Å². The van der Waals surface area contributed by atoms with Gasteiger partial charge in [0.25, 0.3) is 0 Å². The van der Waals surface area contributed by atoms with Crippen molar-refractivity contribution in [3.63, 3.8) is 0 Å². The van der Waals surface area contributed by atoms with Gasteiger partial charge in [-0.25, -0.2) is 0 Å². The highest BCUT2D eigenvalue weighted by molar-refractivity contribution is 5.15. The van der Waals surface area contributed by atoms with Crippen molar-refractivity contribution in [3.8, 4) is 0 Å². The van der Waals surface area contributed by atoms with Crippen molar-refractivity contribution in [1.82, 2.24) is 0 Å². The van der Waals surface area contributed by atoms with Crippen molar-refractivity contribution in [2.75, 3.05) is 6.67 Å². The predicted octanol–water partition coefficient (Wildman–Crippen LogP) is 5.98. The Kier molecular flexibility index (Phi) is 6.98. The second-order valence-electron chi connectivity index (χ2n) is 6.37. The van der Waals surface area contributed by atoms with Gasteiger partial charge in [-0.3, -0.25) is 4.39 Å². The molecule has 0 N–H and O–H groups in total. The maximum atomic E-state index is 12.5. The molecule has 1 heteroatoms. The van der Waals surface area contributed by atoms with Gasteiger partial charge in [-0.2, -0.15) is 0 Å². The average Bonchev–Trinajstić information content (AvgIpc) is 2.45. The van der Waals surface area contributed by atoms with Crippen LogP contribution in [0.1, 0.15) is 52.0 Å². The molecule has 1 rings (SSSR count). The highest BCUT2D eigenvalue weighted by Gasteiger charge is 2.28. The minimum absolute atomic E-state index is 0.0784. The molecule has 0 nitrogen and oxygen atoms in total. The molecule has 0 spiro atoms. The Morgan fingerprint density at radius 2 is 1.75 bits per heavy atom. The Morgan fingerprint density at radius 1 is 1.15 bits per heavy atom. The number of alkyl halides is 1. The summed E-state index contributed by atoms with van der Waals surface area (Å²) in [5, 5.41) is 0. The quantitative estimate of drug-likeness (QED) is 0.487. The van der Waals surface area contributed by atoms with E-state index in [2.05, 4.69) is 57.7 Å². The number of rotatable bonds is 9. The van der Waals surface area contributed by atoms with Crippen LogP contribution in [0.2, 0.25) is 0 Å². The third kappa shape index (κ3) is 5.11. The summed E-state index contributed by atoms with van der Waals surface area (Å²) in [6.45, 7) is 10.7. The van der Waals surface area contributed by atoms with Crippen LogP contribution in [0.25, 0.3) is 0 Å². The zero-order valence-electron chi connectivity index (χ0n) is 13.3. The van der Waals surface area contributed by atoms with Crippen molar-refractivity contribution in [3.05, 3.63) is 48.0 Å². The molecule has 1 atom stereocenters. The molecule has 0 heterocycles. The monoisotopic (exact) mass is 276 g/mol. The van der Waals surface area contributed by atoms with Gasteiger partial charge in [0.15, 0.2) is 0 Å². The molecule has 0 aliphatic carbocycles. The number of hydrogen-bond donors (Lipinski definition) is 0. The molecule has 0 saturated carbocycles. The largest absolute Gasteiger partial charge is 0.251 e. The third-order valence-electron chi connectivity index (χ3n) is 4.37. The van der Waals surface area contributed by atoms with E-state index in [0.29, 0.717) is 12.3 Å². The molecule has 0 aliphatic rings. The van der Waals surface area contributed by atoms with E-state index in [1.165, 1.54) is 11.1 Å². The lowest BCUT2D eigenvalue weighted by Crippen LogP contribution is -2.22. The molecule has 0 fully saturated rings. The van der Waals surface area contributed by atoms with Gasteiger partial charge in [0.1, 0.15) is 0 Å². The first-order chi connectivity index (χ1) is 9.49. The smallest absolute Gasteiger partial charge is 0.0894 e. The Balaban J connectivity index is 2.58. The maximum Gasteiger partial charge on any atom is 0.0894 e. The molecule has 0 amide bonds. The first-order valence-electron chi connectivity index (χ1n) is 7.79. The van der Waals surface area contributed by atoms with Gasteiger partial charge in [0.05, 0.1) is 6.67 Å². The molecule has 112 valence electrons. The normalized spacial score (nSPS) is 14.2. The zero-order chi connectivity index (χ0) is 15.0. The summed E-state index contributed by atoms with van der Waals surface area (Å²) < 4.78 is 12.5. The Morgan fingerprint density at radius 3 is 2.30 bits per heavy atom. The average molecular weight is 276 g/mol. The highest BCUT2D eigenvalue weighted by Crippen LogP contribution is 2.40. The Bertz CT molecular complexity index is 393. The molecule has 1 aromatic rings. The Labute approximate surface area is 124 Å². The van der Waals surface area contributed by atoms with Gasteiger partial charge < -0.3 is 0 Å². The second kappa shape index (κ2) is 8.24. The predicted molar refractivity (Wildman–Crippen MR) is 86.7 cm³/mol. The minimum atomic E-state index is -0.223. The Hall–Kier alpha value is -1.11. The van der Waals surface area contributed by atoms with Crippen LogP contribution in [0.3, 0.4) is 0 Å². The highest BCUT2D eigenvalue weighted by atomic mass is 19.1. The summed E-state index contributed by atoms with van der Waals surface area (Å²) in [5.41, 5.74) is 2.74. The van der Waals surface area contributed by atoms with Crippen LogP contribution in [-0.2, 0) is 6.42 Å². The van der Waals surface area contributed by atoms with Crippen molar-refractivity contribution in [1.29, 1.82) is 0 Å². The van der Waals surface area contributed by atoms with E-state index in [1.807, 2.05) is 0 Å². The number of benzene rings is 1. The van der Waals surface area contributed by atoms with Crippen molar-refractivity contribution in [2.45, 2.75) is 52.9 Å². The minimum Gasteiger partial charge on any atom is -0.251 e. The summed E-state index contributed by atoms with van der Waals surface area (Å²) in [4.78, 5) is 0. The molecular formula is C19H29F. The molecule has 0 aromatic heterocycles. The number of hydrogen-bond acceptors (Lipinski definition) is 0. The lowest BCUT2D eigenvalue weighted by atomic mass is 9.71. The van der Waals surface area contributed by atoms with Crippen molar-refractivity contribution >= 4 is 0 Å². The second-order valence-corrected chi connectivity index (χ2v) is 6.37. The van der Waals surface area contributed by atoms with Gasteiger partial charge >= 0.3 is 0 Å². The topological polar surface area (TPSA) is 0 Å². The van der Waals surface area contributed by atoms with Crippen LogP contribution in [0.4, 0.5) is 4.39 Å². The third-order valence-corrected chi connectivity index (χ3v) is 4.37. The lowest BCUT2D eigenvalue weighted by molar-refractivity contribution is 0.280. The summed E-state index contributed by atoms with van der Waals surface area (Å²) in [6, 6.07) is 10.6. The summed E-state index contributed by atoms with van der Waals surface area (Å²) >= 11 is 0. The van der Waals surface area contributed by atoms with Gasteiger partial charge in [-0.15, -0.1) is 0 Å². The van der Waals surface area contributed by atoms with E-state index in [0.717, 1.165) is 25.7 Å². The molecule has 1 aromatic carbocycles. The van der Waals surface area contributed by atoms with E-state index >= 15 is 0 Å². The number of allylic oxidation sites excluding steroid dienone is 1. The fourth-order valence-electron chi connectivity index (χ4n) is 2.93. The maximum absolute atomic E-state index is 12.5. The first-order valence-corrected chi connectivity index (χ1v) is 7.79. The van der Waals surface area contributed by atoms with E-state index in [-0.39, 0.29) is 12.1 Å². The van der Waals surface area contributed by atoms with Gasteiger partial charge in [0.2, 0.25) is 0 Å². The van der Waals surface area contributed by atoms with Crippen LogP contribution in [0, 0.1) is 11.3 Å². The number of halogens is 1. The number of aryl methyl sites for hydroxylation is 1. The van der Waals surface area contributed by atoms with Crippen LogP contribution in [0.5, 0.6) is 0 Å². The fraction of sp³-hybridized carbons (Fsp3) is 0.579. The molecular weight excluding hydrogens is 247 g/mol. The zero-order valence-corrected chi connectivity index (χ0v) is 13.3. The van der Waals surface area contributed by atoms with Crippen LogP contribution < -0.4 is 0 Å². The summed E-state index contributed by atoms with van der Waals surface area (Å²) in [7, 11) is 0. The SMILES string of the molecule is C=C(C(C)C)C(C)(CCCF)CCCc1ccccc1. The van der Waals surface area contributed by atoms with E-state index in [1.54, 1.807) is 0 Å². The fourth-order valence-corrected chi connectivity index (χ4v) is 2.93. The van der Waals surface area contributed by atoms with Crippen molar-refractivity contribution < 1.29 is 4.39 Å². The molecule has 1 unspecified atom stereocenters. The standard InChI is InChI=1S/C19H29F/c1-16(2)17(3)19(4,14-9-15-20)13-8-12-18-10-6-5-7-11-18/h5-7,10-11,16H,3,8-9,12-15H2,1-2,4H3. The molecule has 0 bridgehead atoms. The van der Waals surface area contributed by atoms with Gasteiger partial charge in [-0.1, -0.05) is 63.3 Å². The molecule has 0 saturated heterocycles. The van der Waals surface area contributed by atoms with Crippen LogP contribution >= 0.6 is 0 Å². The molecule has 20 heavy (non-hydrogen) atoms. The summed E-state index contributed by atoms with van der Waals surface area (Å²) in [5.74, 6) is 0.469. The van der Waals surface area contributed by atoms with E-state index in [9.17, 15) is 4.39 Å². The van der Waals surface area contributed by atoms with Gasteiger partial charge in [0, 0.05) is 0 Å². The first kappa shape index (κ1) is 16.9. The lowest BCUT2D eigenvalue weighted by Gasteiger charge is -2.34. The van der Waals surface area contributed by atoms with Gasteiger partial charge in [-0.05, 0) is 49.0 Å². The van der Waals surface area contributed by atoms with E-state index < -0.39 is 0 Å². The van der Waals surface area contributed by atoms with Crippen LogP contribution in [0.15, 0.2) is 42.5 Å².